The van der Waals surface area contributed by atoms with Gasteiger partial charge in [-0.05, 0) is 17.8 Å². The first-order valence-electron chi connectivity index (χ1n) is 8.03. The second-order valence-corrected chi connectivity index (χ2v) is 9.70. The molecule has 0 amide bonds. The maximum absolute atomic E-state index is 11.8. The van der Waals surface area contributed by atoms with E-state index in [9.17, 15) is 10.5 Å². The molecule has 0 bridgehead atoms. The van der Waals surface area contributed by atoms with E-state index in [1.54, 1.807) is 0 Å². The summed E-state index contributed by atoms with van der Waals surface area (Å²) in [6, 6.07) is 5.07. The molecule has 150 valence electrons. The Bertz CT molecular complexity index is 324. The fourth-order valence-corrected chi connectivity index (χ4v) is 1.76. The first-order valence-corrected chi connectivity index (χ1v) is 11.5. The maximum atomic E-state index is 11.8. The van der Waals surface area contributed by atoms with Crippen molar-refractivity contribution in [1.29, 1.82) is 0 Å². The molecule has 0 saturated heterocycles. The van der Waals surface area contributed by atoms with Crippen molar-refractivity contribution in [2.75, 3.05) is 19.8 Å². The zero-order valence-corrected chi connectivity index (χ0v) is 21.8. The average molecular weight is 595 g/mol. The van der Waals surface area contributed by atoms with Crippen LogP contribution in [-0.4, -0.2) is 49.8 Å². The van der Waals surface area contributed by atoms with E-state index in [0.717, 1.165) is 12.1 Å². The van der Waals surface area contributed by atoms with Gasteiger partial charge in [0.2, 0.25) is 0 Å². The fraction of sp³-hybridized carbons (Fsp3) is 0.706. The zero-order valence-electron chi connectivity index (χ0n) is 16.1. The average Bonchev–Trinajstić information content (AvgIpc) is 3.03. The Kier molecular flexibility index (Phi) is 27.4. The van der Waals surface area contributed by atoms with E-state index in [2.05, 4.69) is 0 Å². The quantitative estimate of drug-likeness (QED) is 0.371. The number of rotatable bonds is 4. The summed E-state index contributed by atoms with van der Waals surface area (Å²) in [5, 5.41) is 24.4. The summed E-state index contributed by atoms with van der Waals surface area (Å²) in [6.45, 7) is 12.7. The van der Waals surface area contributed by atoms with Crippen LogP contribution in [0.1, 0.15) is 41.5 Å². The Balaban J connectivity index is -0.000000122. The van der Waals surface area contributed by atoms with Crippen molar-refractivity contribution in [3.05, 3.63) is 24.3 Å². The molecular formula is C17H34F3GeHfO3-. The zero-order chi connectivity index (χ0) is 19.8. The number of aliphatic hydroxyl groups excluding tert-OH is 3. The molecular weight excluding hydrogens is 560 g/mol. The van der Waals surface area contributed by atoms with Crippen LogP contribution in [0.5, 0.6) is 0 Å². The summed E-state index contributed by atoms with van der Waals surface area (Å²) in [6.07, 6.45) is 0. The Morgan fingerprint density at radius 3 is 1.00 bits per heavy atom. The Morgan fingerprint density at radius 1 is 0.720 bits per heavy atom. The van der Waals surface area contributed by atoms with Gasteiger partial charge in [0.15, 0.2) is 0 Å². The molecule has 0 spiro atoms. The van der Waals surface area contributed by atoms with Crippen molar-refractivity contribution >= 4 is 19.1 Å². The van der Waals surface area contributed by atoms with E-state index in [1.165, 1.54) is 12.1 Å². The van der Waals surface area contributed by atoms with Crippen molar-refractivity contribution < 1.29 is 51.7 Å². The van der Waals surface area contributed by atoms with Crippen LogP contribution < -0.4 is 4.40 Å². The van der Waals surface area contributed by atoms with Crippen LogP contribution in [0.3, 0.4) is 0 Å². The van der Waals surface area contributed by atoms with Gasteiger partial charge in [0.1, 0.15) is 0 Å². The van der Waals surface area contributed by atoms with E-state index in [-0.39, 0.29) is 25.8 Å². The molecule has 0 saturated carbocycles. The summed E-state index contributed by atoms with van der Waals surface area (Å²) >= 11 is -5.94. The third kappa shape index (κ3) is 32.6. The topological polar surface area (TPSA) is 60.7 Å². The first kappa shape index (κ1) is 33.1. The van der Waals surface area contributed by atoms with Crippen molar-refractivity contribution in [2.45, 2.75) is 41.5 Å². The summed E-state index contributed by atoms with van der Waals surface area (Å²) in [7, 11) is 0. The molecule has 25 heavy (non-hydrogen) atoms. The molecule has 1 aromatic carbocycles. The molecule has 0 fully saturated rings. The molecule has 0 radical (unpaired) electrons. The normalized spacial score (nSPS) is 10.0. The second kappa shape index (κ2) is 20.7. The fourth-order valence-electron chi connectivity index (χ4n) is 0.563. The van der Waals surface area contributed by atoms with E-state index >= 15 is 0 Å². The third-order valence-electron chi connectivity index (χ3n) is 2.09. The molecule has 0 aliphatic carbocycles. The van der Waals surface area contributed by atoms with Crippen LogP contribution in [0, 0.1) is 17.8 Å². The second-order valence-electron chi connectivity index (χ2n) is 6.40. The third-order valence-corrected chi connectivity index (χ3v) is 4.16. The minimum absolute atomic E-state index is 0. The van der Waals surface area contributed by atoms with Gasteiger partial charge in [0.05, 0.1) is 0 Å². The Labute approximate surface area is 173 Å². The van der Waals surface area contributed by atoms with Crippen LogP contribution in [0.15, 0.2) is 24.3 Å². The minimum Gasteiger partial charge on any atom is 0 e. The van der Waals surface area contributed by atoms with Gasteiger partial charge in [0, 0.05) is 45.7 Å². The first-order chi connectivity index (χ1) is 10.9. The van der Waals surface area contributed by atoms with Gasteiger partial charge in [-0.25, -0.2) is 0 Å². The SMILES string of the molecule is CC(C)CO.CC(C)CO.CC(C)CO.[F][Ge]([F])([F])[c-]1cccc1.[Hf]. The smallest absolute Gasteiger partial charge is 0 e. The van der Waals surface area contributed by atoms with E-state index < -0.39 is 19.1 Å². The number of hydrogen-bond donors (Lipinski definition) is 3. The van der Waals surface area contributed by atoms with Gasteiger partial charge in [-0.15, -0.1) is 0 Å². The summed E-state index contributed by atoms with van der Waals surface area (Å²) in [5.74, 6) is 1.32. The minimum atomic E-state index is -5.94. The molecule has 0 atom stereocenters. The van der Waals surface area contributed by atoms with Crippen LogP contribution in [0.4, 0.5) is 10.5 Å². The van der Waals surface area contributed by atoms with Crippen LogP contribution >= 0.6 is 0 Å². The van der Waals surface area contributed by atoms with Crippen LogP contribution in [0.2, 0.25) is 0 Å². The molecule has 0 aromatic heterocycles. The summed E-state index contributed by atoms with van der Waals surface area (Å²) in [4.78, 5) is 0. The van der Waals surface area contributed by atoms with Crippen LogP contribution in [-0.2, 0) is 25.8 Å². The number of halogens is 3. The van der Waals surface area contributed by atoms with Gasteiger partial charge in [-0.2, -0.15) is 0 Å². The monoisotopic (exact) mass is 597 g/mol. The van der Waals surface area contributed by atoms with Gasteiger partial charge in [0.25, 0.3) is 0 Å². The molecule has 0 aliphatic rings. The molecule has 0 aliphatic heterocycles. The van der Waals surface area contributed by atoms with Gasteiger partial charge in [-0.1, -0.05) is 41.5 Å². The molecule has 1 aromatic rings. The number of aliphatic hydroxyl groups is 3. The predicted octanol–water partition coefficient (Wildman–Crippen LogP) is 3.36. The van der Waals surface area contributed by atoms with Gasteiger partial charge in [-0.3, -0.25) is 0 Å². The van der Waals surface area contributed by atoms with Gasteiger partial charge >= 0.3 is 53.8 Å². The Hall–Kier alpha value is 0.433. The van der Waals surface area contributed by atoms with E-state index in [4.69, 9.17) is 15.3 Å². The van der Waals surface area contributed by atoms with Crippen molar-refractivity contribution in [3.63, 3.8) is 0 Å². The molecule has 1 rings (SSSR count). The van der Waals surface area contributed by atoms with Gasteiger partial charge < -0.3 is 15.3 Å². The standard InChI is InChI=1S/C5H4F3Ge.3C4H10O.Hf/c6-9(7,8)5-3-1-2-4-5;3*1-4(2)3-5;/h1-4H;3*4-5H,3H2,1-2H3;/q-1;;;;. The van der Waals surface area contributed by atoms with Crippen molar-refractivity contribution in [3.8, 4) is 0 Å². The molecule has 3 N–H and O–H groups in total. The molecule has 3 nitrogen and oxygen atoms in total. The van der Waals surface area contributed by atoms with Crippen molar-refractivity contribution in [2.24, 2.45) is 17.8 Å². The van der Waals surface area contributed by atoms with Crippen molar-refractivity contribution in [1.82, 2.24) is 0 Å². The van der Waals surface area contributed by atoms with E-state index in [0.29, 0.717) is 37.6 Å². The van der Waals surface area contributed by atoms with Crippen LogP contribution in [0.25, 0.3) is 0 Å². The Morgan fingerprint density at radius 2 is 0.920 bits per heavy atom. The molecule has 0 heterocycles. The molecule has 8 heteroatoms. The maximum Gasteiger partial charge on any atom is 0 e. The molecule has 0 unspecified atom stereocenters. The van der Waals surface area contributed by atoms with E-state index in [1.807, 2.05) is 41.5 Å². The summed E-state index contributed by atoms with van der Waals surface area (Å²) < 4.78 is 35.0. The summed E-state index contributed by atoms with van der Waals surface area (Å²) in [5.41, 5.74) is 0. The largest absolute Gasteiger partial charge is 0 e. The predicted molar refractivity (Wildman–Crippen MR) is 96.5 cm³/mol. The number of hydrogen-bond acceptors (Lipinski definition) is 3.